The second-order valence-corrected chi connectivity index (χ2v) is 10.2. The van der Waals surface area contributed by atoms with E-state index in [2.05, 4.69) is 56.9 Å². The first-order chi connectivity index (χ1) is 18.7. The zero-order chi connectivity index (χ0) is 26.8. The average Bonchev–Trinajstić information content (AvgIpc) is 3.58. The van der Waals surface area contributed by atoms with E-state index in [1.165, 1.54) is 56.2 Å². The Morgan fingerprint density at radius 3 is 2.42 bits per heavy atom. The summed E-state index contributed by atoms with van der Waals surface area (Å²) in [7, 11) is 0. The zero-order valence-electron chi connectivity index (χ0n) is 23.5. The van der Waals surface area contributed by atoms with Crippen molar-refractivity contribution in [3.8, 4) is 0 Å². The van der Waals surface area contributed by atoms with Gasteiger partial charge in [0.2, 0.25) is 0 Å². The van der Waals surface area contributed by atoms with E-state index in [0.717, 1.165) is 56.7 Å². The van der Waals surface area contributed by atoms with Crippen LogP contribution in [-0.4, -0.2) is 44.0 Å². The van der Waals surface area contributed by atoms with Gasteiger partial charge in [-0.25, -0.2) is 4.98 Å². The van der Waals surface area contributed by atoms with Crippen LogP contribution in [-0.2, 0) is 25.8 Å². The standard InChI is InChI=1S/C30H47N7O/c1-3-5-7-12-20-32-30-33-23-27(34-30)14-10-8-11-15-28-24-37(36-35-28)22-21-31-29(38)26-18-16-25(17-19-26)13-9-6-4-2/h16-19,23-24H,3-15,20-22H2,1-2H3,(H,31,38)(H2,32,33,34). The number of H-pyrrole nitrogens is 1. The van der Waals surface area contributed by atoms with Gasteiger partial charge in [-0.05, 0) is 62.6 Å². The van der Waals surface area contributed by atoms with Crippen molar-refractivity contribution in [3.05, 3.63) is 59.2 Å². The zero-order valence-corrected chi connectivity index (χ0v) is 23.5. The van der Waals surface area contributed by atoms with Crippen LogP contribution in [0.4, 0.5) is 5.95 Å². The molecule has 208 valence electrons. The summed E-state index contributed by atoms with van der Waals surface area (Å²) in [5, 5.41) is 14.9. The lowest BCUT2D eigenvalue weighted by atomic mass is 10.1. The summed E-state index contributed by atoms with van der Waals surface area (Å²) < 4.78 is 1.81. The third-order valence-electron chi connectivity index (χ3n) is 6.83. The monoisotopic (exact) mass is 521 g/mol. The smallest absolute Gasteiger partial charge is 0.251 e. The largest absolute Gasteiger partial charge is 0.356 e. The number of benzene rings is 1. The minimum atomic E-state index is -0.0439. The van der Waals surface area contributed by atoms with E-state index in [9.17, 15) is 4.79 Å². The SMILES string of the molecule is CCCCCCNc1ncc(CCCCCc2cn(CCNC(=O)c3ccc(CCCCC)cc3)nn2)[nH]1. The molecule has 0 saturated carbocycles. The molecule has 0 aliphatic rings. The fourth-order valence-electron chi connectivity index (χ4n) is 4.48. The normalized spacial score (nSPS) is 11.1. The van der Waals surface area contributed by atoms with Crippen LogP contribution in [0, 0.1) is 0 Å². The Kier molecular flexibility index (Phi) is 13.4. The van der Waals surface area contributed by atoms with Crippen LogP contribution in [0.25, 0.3) is 0 Å². The van der Waals surface area contributed by atoms with Crippen LogP contribution in [0.15, 0.2) is 36.7 Å². The third-order valence-corrected chi connectivity index (χ3v) is 6.83. The molecule has 1 amide bonds. The van der Waals surface area contributed by atoms with Crippen molar-refractivity contribution < 1.29 is 4.79 Å². The Bertz CT molecular complexity index is 1040. The predicted octanol–water partition coefficient (Wildman–Crippen LogP) is 6.11. The maximum Gasteiger partial charge on any atom is 0.251 e. The van der Waals surface area contributed by atoms with Gasteiger partial charge in [-0.3, -0.25) is 9.48 Å². The van der Waals surface area contributed by atoms with Gasteiger partial charge in [-0.15, -0.1) is 5.10 Å². The van der Waals surface area contributed by atoms with E-state index in [1.807, 2.05) is 29.2 Å². The third kappa shape index (κ3) is 11.1. The Morgan fingerprint density at radius 2 is 1.61 bits per heavy atom. The van der Waals surface area contributed by atoms with Crippen LogP contribution in [0.1, 0.15) is 105 Å². The van der Waals surface area contributed by atoms with Gasteiger partial charge in [-0.1, -0.05) is 69.7 Å². The Hall–Kier alpha value is -3.16. The number of aryl methyl sites for hydroxylation is 3. The molecule has 0 spiro atoms. The molecule has 3 rings (SSSR count). The number of nitrogens with one attached hydrogen (secondary N) is 3. The number of anilines is 1. The van der Waals surface area contributed by atoms with Crippen LogP contribution in [0.3, 0.4) is 0 Å². The molecule has 3 N–H and O–H groups in total. The Morgan fingerprint density at radius 1 is 0.868 bits per heavy atom. The number of amides is 1. The average molecular weight is 522 g/mol. The molecule has 3 aromatic rings. The molecule has 2 heterocycles. The summed E-state index contributed by atoms with van der Waals surface area (Å²) >= 11 is 0. The molecule has 8 nitrogen and oxygen atoms in total. The second kappa shape index (κ2) is 17.4. The van der Waals surface area contributed by atoms with Gasteiger partial charge in [0.1, 0.15) is 0 Å². The van der Waals surface area contributed by atoms with Gasteiger partial charge in [0.25, 0.3) is 5.91 Å². The number of aromatic nitrogens is 5. The summed E-state index contributed by atoms with van der Waals surface area (Å²) in [6.07, 6.45) is 19.0. The summed E-state index contributed by atoms with van der Waals surface area (Å²) in [5.41, 5.74) is 4.19. The van der Waals surface area contributed by atoms with E-state index in [4.69, 9.17) is 0 Å². The van der Waals surface area contributed by atoms with E-state index >= 15 is 0 Å². The molecule has 0 unspecified atom stereocenters. The lowest BCUT2D eigenvalue weighted by molar-refractivity contribution is 0.0952. The number of nitrogens with zero attached hydrogens (tertiary/aromatic N) is 4. The quantitative estimate of drug-likeness (QED) is 0.156. The molecule has 0 fully saturated rings. The molecule has 0 saturated heterocycles. The summed E-state index contributed by atoms with van der Waals surface area (Å²) in [4.78, 5) is 20.3. The Balaban J connectivity index is 1.25. The van der Waals surface area contributed by atoms with Crippen molar-refractivity contribution in [1.29, 1.82) is 0 Å². The number of carbonyl (C=O) groups is 1. The number of imidazole rings is 1. The maximum absolute atomic E-state index is 12.4. The van der Waals surface area contributed by atoms with Crippen LogP contribution in [0.5, 0.6) is 0 Å². The van der Waals surface area contributed by atoms with E-state index in [0.29, 0.717) is 18.7 Å². The van der Waals surface area contributed by atoms with Crippen LogP contribution >= 0.6 is 0 Å². The van der Waals surface area contributed by atoms with Gasteiger partial charge in [0.05, 0.1) is 18.4 Å². The predicted molar refractivity (Wildman–Crippen MR) is 155 cm³/mol. The molecule has 0 atom stereocenters. The first-order valence-corrected chi connectivity index (χ1v) is 14.7. The molecule has 1 aromatic carbocycles. The molecule has 8 heteroatoms. The first-order valence-electron chi connectivity index (χ1n) is 14.7. The Labute approximate surface area is 228 Å². The number of unbranched alkanes of at least 4 members (excludes halogenated alkanes) is 7. The van der Waals surface area contributed by atoms with Crippen molar-refractivity contribution in [3.63, 3.8) is 0 Å². The van der Waals surface area contributed by atoms with E-state index in [-0.39, 0.29) is 5.91 Å². The van der Waals surface area contributed by atoms with Crippen molar-refractivity contribution in [1.82, 2.24) is 30.3 Å². The summed E-state index contributed by atoms with van der Waals surface area (Å²) in [6, 6.07) is 7.96. The van der Waals surface area contributed by atoms with Crippen molar-refractivity contribution >= 4 is 11.9 Å². The minimum absolute atomic E-state index is 0.0439. The van der Waals surface area contributed by atoms with E-state index in [1.54, 1.807) is 0 Å². The van der Waals surface area contributed by atoms with Crippen molar-refractivity contribution in [2.45, 2.75) is 104 Å². The molecule has 0 aliphatic heterocycles. The lowest BCUT2D eigenvalue weighted by Crippen LogP contribution is -2.27. The second-order valence-electron chi connectivity index (χ2n) is 10.2. The molecular weight excluding hydrogens is 474 g/mol. The van der Waals surface area contributed by atoms with Gasteiger partial charge in [0.15, 0.2) is 5.95 Å². The first kappa shape index (κ1) is 29.4. The number of aromatic amines is 1. The van der Waals surface area contributed by atoms with E-state index < -0.39 is 0 Å². The maximum atomic E-state index is 12.4. The highest BCUT2D eigenvalue weighted by molar-refractivity contribution is 5.94. The molecule has 0 bridgehead atoms. The topological polar surface area (TPSA) is 101 Å². The van der Waals surface area contributed by atoms with Gasteiger partial charge < -0.3 is 15.6 Å². The number of carbonyl (C=O) groups excluding carboxylic acids is 1. The lowest BCUT2D eigenvalue weighted by Gasteiger charge is -2.06. The summed E-state index contributed by atoms with van der Waals surface area (Å²) in [6.45, 7) is 6.56. The summed E-state index contributed by atoms with van der Waals surface area (Å²) in [5.74, 6) is 0.845. The molecule has 0 aliphatic carbocycles. The highest BCUT2D eigenvalue weighted by Crippen LogP contribution is 2.11. The number of hydrogen-bond donors (Lipinski definition) is 3. The van der Waals surface area contributed by atoms with Crippen molar-refractivity contribution in [2.75, 3.05) is 18.4 Å². The molecule has 0 radical (unpaired) electrons. The van der Waals surface area contributed by atoms with Gasteiger partial charge in [0, 0.05) is 30.5 Å². The van der Waals surface area contributed by atoms with Gasteiger partial charge in [-0.2, -0.15) is 0 Å². The van der Waals surface area contributed by atoms with Crippen molar-refractivity contribution in [2.24, 2.45) is 0 Å². The highest BCUT2D eigenvalue weighted by atomic mass is 16.1. The van der Waals surface area contributed by atoms with Crippen LogP contribution < -0.4 is 10.6 Å². The van der Waals surface area contributed by atoms with Gasteiger partial charge >= 0.3 is 0 Å². The minimum Gasteiger partial charge on any atom is -0.356 e. The highest BCUT2D eigenvalue weighted by Gasteiger charge is 2.07. The van der Waals surface area contributed by atoms with Crippen LogP contribution in [0.2, 0.25) is 0 Å². The fourth-order valence-corrected chi connectivity index (χ4v) is 4.48. The number of hydrogen-bond acceptors (Lipinski definition) is 5. The molecular formula is C30H47N7O. The molecule has 38 heavy (non-hydrogen) atoms. The number of rotatable bonds is 20. The molecule has 2 aromatic heterocycles. The fraction of sp³-hybridized carbons (Fsp3) is 0.600.